The molecule has 3 aliphatic heterocycles. The van der Waals surface area contributed by atoms with E-state index in [2.05, 4.69) is 22.1 Å². The Labute approximate surface area is 124 Å². The highest BCUT2D eigenvalue weighted by Gasteiger charge is 2.43. The summed E-state index contributed by atoms with van der Waals surface area (Å²) in [4.78, 5) is 14.9. The lowest BCUT2D eigenvalue weighted by Crippen LogP contribution is -2.59. The lowest BCUT2D eigenvalue weighted by molar-refractivity contribution is -0.138. The van der Waals surface area contributed by atoms with Crippen molar-refractivity contribution in [3.05, 3.63) is 24.2 Å². The van der Waals surface area contributed by atoms with E-state index in [1.807, 2.05) is 0 Å². The molecule has 0 spiro atoms. The van der Waals surface area contributed by atoms with Crippen molar-refractivity contribution < 1.29 is 14.3 Å². The van der Waals surface area contributed by atoms with Gasteiger partial charge in [-0.15, -0.1) is 5.92 Å². The van der Waals surface area contributed by atoms with Gasteiger partial charge in [-0.05, 0) is 50.9 Å². The number of nitrogens with one attached hydrogen (secondary N) is 1. The van der Waals surface area contributed by atoms with Crippen molar-refractivity contribution in [2.24, 2.45) is 5.92 Å². The molecule has 0 saturated carbocycles. The van der Waals surface area contributed by atoms with Crippen LogP contribution in [-0.2, 0) is 10.4 Å². The van der Waals surface area contributed by atoms with Crippen molar-refractivity contribution in [1.82, 2.24) is 10.2 Å². The second-order valence-electron chi connectivity index (χ2n) is 5.78. The lowest BCUT2D eigenvalue weighted by Gasteiger charge is -2.45. The molecule has 2 N–H and O–H groups in total. The summed E-state index contributed by atoms with van der Waals surface area (Å²) >= 11 is 0. The summed E-state index contributed by atoms with van der Waals surface area (Å²) in [6.07, 6.45) is 3.63. The minimum atomic E-state index is -1.91. The molecule has 1 aromatic heterocycles. The Morgan fingerprint density at radius 3 is 2.81 bits per heavy atom. The smallest absolute Gasteiger partial charge is 0.273 e. The van der Waals surface area contributed by atoms with Crippen LogP contribution in [0.25, 0.3) is 0 Å². The number of carbonyl (C=O) groups excluding carboxylic acids is 1. The maximum atomic E-state index is 12.6. The maximum Gasteiger partial charge on any atom is 0.273 e. The fraction of sp³-hybridized carbons (Fsp3) is 0.562. The van der Waals surface area contributed by atoms with Crippen LogP contribution in [0.1, 0.15) is 25.5 Å². The number of piperidine rings is 3. The van der Waals surface area contributed by atoms with Crippen molar-refractivity contribution in [3.8, 4) is 11.8 Å². The van der Waals surface area contributed by atoms with E-state index in [0.717, 1.165) is 32.5 Å². The van der Waals surface area contributed by atoms with Crippen LogP contribution in [0.15, 0.2) is 22.8 Å². The molecule has 2 unspecified atom stereocenters. The predicted molar refractivity (Wildman–Crippen MR) is 77.1 cm³/mol. The Balaban J connectivity index is 1.77. The van der Waals surface area contributed by atoms with Crippen molar-refractivity contribution in [3.63, 3.8) is 0 Å². The molecule has 5 nitrogen and oxygen atoms in total. The van der Waals surface area contributed by atoms with Crippen LogP contribution in [-0.4, -0.2) is 41.6 Å². The Morgan fingerprint density at radius 1 is 1.52 bits per heavy atom. The maximum absolute atomic E-state index is 12.6. The van der Waals surface area contributed by atoms with E-state index in [1.54, 1.807) is 19.1 Å². The van der Waals surface area contributed by atoms with Crippen molar-refractivity contribution >= 4 is 5.91 Å². The molecule has 4 rings (SSSR count). The van der Waals surface area contributed by atoms with E-state index in [1.165, 1.54) is 6.26 Å². The average molecular weight is 288 g/mol. The van der Waals surface area contributed by atoms with Crippen molar-refractivity contribution in [2.45, 2.75) is 31.4 Å². The van der Waals surface area contributed by atoms with Gasteiger partial charge >= 0.3 is 0 Å². The summed E-state index contributed by atoms with van der Waals surface area (Å²) in [7, 11) is 0. The first kappa shape index (κ1) is 14.2. The summed E-state index contributed by atoms with van der Waals surface area (Å²) in [5, 5.41) is 13.6. The second kappa shape index (κ2) is 5.55. The molecule has 0 aliphatic carbocycles. The summed E-state index contributed by atoms with van der Waals surface area (Å²) in [5.41, 5.74) is -1.91. The van der Waals surface area contributed by atoms with E-state index < -0.39 is 11.5 Å². The fourth-order valence-electron chi connectivity index (χ4n) is 3.30. The molecule has 112 valence electrons. The molecular formula is C16H20N2O3. The summed E-state index contributed by atoms with van der Waals surface area (Å²) < 4.78 is 5.20. The Bertz CT molecular complexity index is 564. The molecule has 1 amide bonds. The summed E-state index contributed by atoms with van der Waals surface area (Å²) in [5.74, 6) is 5.36. The first-order valence-corrected chi connectivity index (χ1v) is 7.37. The highest BCUT2D eigenvalue weighted by Crippen LogP contribution is 2.29. The largest absolute Gasteiger partial charge is 0.465 e. The number of rotatable bonds is 3. The molecule has 5 heteroatoms. The van der Waals surface area contributed by atoms with Crippen LogP contribution in [0.4, 0.5) is 0 Å². The average Bonchev–Trinajstić information content (AvgIpc) is 3.03. The molecule has 3 aliphatic rings. The number of nitrogens with zero attached hydrogens (tertiary/aromatic N) is 1. The van der Waals surface area contributed by atoms with Crippen LogP contribution in [0, 0.1) is 17.8 Å². The highest BCUT2D eigenvalue weighted by molar-refractivity contribution is 5.89. The summed E-state index contributed by atoms with van der Waals surface area (Å²) in [6.45, 7) is 4.65. The summed E-state index contributed by atoms with van der Waals surface area (Å²) in [6, 6.07) is 3.29. The molecule has 0 radical (unpaired) electrons. The van der Waals surface area contributed by atoms with Crippen molar-refractivity contribution in [1.29, 1.82) is 0 Å². The quantitative estimate of drug-likeness (QED) is 0.804. The van der Waals surface area contributed by atoms with Gasteiger partial charge in [0.15, 0.2) is 5.76 Å². The van der Waals surface area contributed by atoms with Gasteiger partial charge in [0.1, 0.15) is 0 Å². The van der Waals surface area contributed by atoms with Gasteiger partial charge in [0.25, 0.3) is 11.5 Å². The number of aliphatic hydroxyl groups is 1. The fourth-order valence-corrected chi connectivity index (χ4v) is 3.30. The van der Waals surface area contributed by atoms with Crippen LogP contribution < -0.4 is 5.32 Å². The molecule has 3 saturated heterocycles. The third-order valence-corrected chi connectivity index (χ3v) is 4.48. The van der Waals surface area contributed by atoms with E-state index in [4.69, 9.17) is 4.42 Å². The number of hydrogen-bond donors (Lipinski definition) is 2. The third-order valence-electron chi connectivity index (χ3n) is 4.48. The molecule has 2 atom stereocenters. The van der Waals surface area contributed by atoms with E-state index in [9.17, 15) is 9.90 Å². The van der Waals surface area contributed by atoms with Gasteiger partial charge in [0, 0.05) is 12.6 Å². The van der Waals surface area contributed by atoms with Crippen LogP contribution in [0.3, 0.4) is 0 Å². The Hall–Kier alpha value is -1.77. The molecule has 3 fully saturated rings. The molecular weight excluding hydrogens is 268 g/mol. The number of carbonyl (C=O) groups is 1. The van der Waals surface area contributed by atoms with E-state index in [-0.39, 0.29) is 11.8 Å². The second-order valence-corrected chi connectivity index (χ2v) is 5.78. The first-order chi connectivity index (χ1) is 10.1. The zero-order chi connectivity index (χ0) is 14.9. The number of furan rings is 1. The molecule has 2 bridgehead atoms. The van der Waals surface area contributed by atoms with Crippen LogP contribution in [0.5, 0.6) is 0 Å². The van der Waals surface area contributed by atoms with Crippen LogP contribution in [0.2, 0.25) is 0 Å². The normalized spacial score (nSPS) is 30.1. The Morgan fingerprint density at radius 2 is 2.29 bits per heavy atom. The zero-order valence-corrected chi connectivity index (χ0v) is 12.1. The topological polar surface area (TPSA) is 65.7 Å². The van der Waals surface area contributed by atoms with Gasteiger partial charge in [0.05, 0.1) is 6.26 Å². The van der Waals surface area contributed by atoms with Gasteiger partial charge in [-0.1, -0.05) is 5.92 Å². The lowest BCUT2D eigenvalue weighted by atomic mass is 9.83. The monoisotopic (exact) mass is 288 g/mol. The minimum Gasteiger partial charge on any atom is -0.465 e. The molecule has 0 aromatic carbocycles. The SMILES string of the molecule is CC#CC(O)(C(=O)NC1CN2CCC1CC2)c1ccco1. The van der Waals surface area contributed by atoms with E-state index in [0.29, 0.717) is 5.92 Å². The highest BCUT2D eigenvalue weighted by atomic mass is 16.4. The standard InChI is InChI=1S/C16H20N2O3/c1-2-7-16(20,14-4-3-10-21-14)15(19)17-13-11-18-8-5-12(13)6-9-18/h3-4,10,12-13,20H,5-6,8-9,11H2,1H3,(H,17,19). The van der Waals surface area contributed by atoms with Gasteiger partial charge in [-0.2, -0.15) is 0 Å². The van der Waals surface area contributed by atoms with Gasteiger partial charge in [0.2, 0.25) is 0 Å². The van der Waals surface area contributed by atoms with Crippen molar-refractivity contribution in [2.75, 3.05) is 19.6 Å². The van der Waals surface area contributed by atoms with Gasteiger partial charge < -0.3 is 19.7 Å². The van der Waals surface area contributed by atoms with E-state index >= 15 is 0 Å². The van der Waals surface area contributed by atoms with Crippen LogP contribution >= 0.6 is 0 Å². The first-order valence-electron chi connectivity index (χ1n) is 7.37. The predicted octanol–water partition coefficient (Wildman–Crippen LogP) is 0.701. The molecule has 21 heavy (non-hydrogen) atoms. The Kier molecular flexibility index (Phi) is 3.75. The number of hydrogen-bond acceptors (Lipinski definition) is 4. The van der Waals surface area contributed by atoms with Gasteiger partial charge in [-0.25, -0.2) is 0 Å². The molecule has 4 heterocycles. The number of fused-ring (bicyclic) bond motifs is 3. The third kappa shape index (κ3) is 2.57. The molecule has 1 aromatic rings. The minimum absolute atomic E-state index is 0.0835. The zero-order valence-electron chi connectivity index (χ0n) is 12.1. The van der Waals surface area contributed by atoms with Gasteiger partial charge in [-0.3, -0.25) is 4.79 Å². The number of amides is 1.